The number of anilines is 2. The molecule has 3 heterocycles. The van der Waals surface area contributed by atoms with Gasteiger partial charge in [-0.15, -0.1) is 0 Å². The fraction of sp³-hybridized carbons (Fsp3) is 0. The van der Waals surface area contributed by atoms with Crippen LogP contribution in [0, 0.1) is 0 Å². The van der Waals surface area contributed by atoms with E-state index in [2.05, 4.69) is 30.1 Å². The van der Waals surface area contributed by atoms with Crippen molar-refractivity contribution in [3.63, 3.8) is 0 Å². The highest BCUT2D eigenvalue weighted by Gasteiger charge is 2.17. The van der Waals surface area contributed by atoms with Gasteiger partial charge in [0.2, 0.25) is 5.95 Å². The summed E-state index contributed by atoms with van der Waals surface area (Å²) in [6.45, 7) is 0. The SMILES string of the molecule is Nc1nc(N)c(-c2cnccn2)c(-c2ccn[nH]2)n1. The van der Waals surface area contributed by atoms with E-state index >= 15 is 0 Å². The zero-order valence-electron chi connectivity index (χ0n) is 9.78. The molecule has 0 fully saturated rings. The molecule has 3 aromatic rings. The fourth-order valence-electron chi connectivity index (χ4n) is 1.76. The van der Waals surface area contributed by atoms with E-state index in [-0.39, 0.29) is 11.8 Å². The number of nitrogen functional groups attached to an aromatic ring is 2. The highest BCUT2D eigenvalue weighted by atomic mass is 15.1. The molecule has 8 heteroatoms. The van der Waals surface area contributed by atoms with Gasteiger partial charge < -0.3 is 11.5 Å². The number of nitrogens with two attached hydrogens (primary N) is 2. The molecule has 0 radical (unpaired) electrons. The average Bonchev–Trinajstić information content (AvgIpc) is 2.92. The van der Waals surface area contributed by atoms with Crippen LogP contribution in [0.1, 0.15) is 0 Å². The van der Waals surface area contributed by atoms with Gasteiger partial charge in [-0.2, -0.15) is 10.1 Å². The van der Waals surface area contributed by atoms with Crippen LogP contribution in [0.5, 0.6) is 0 Å². The number of nitrogens with zero attached hydrogens (tertiary/aromatic N) is 5. The second-order valence-corrected chi connectivity index (χ2v) is 3.75. The molecule has 0 aliphatic carbocycles. The third-order valence-electron chi connectivity index (χ3n) is 2.53. The van der Waals surface area contributed by atoms with Crippen LogP contribution >= 0.6 is 0 Å². The maximum absolute atomic E-state index is 5.93. The topological polar surface area (TPSA) is 132 Å². The Morgan fingerprint density at radius 3 is 2.63 bits per heavy atom. The van der Waals surface area contributed by atoms with Crippen molar-refractivity contribution in [3.8, 4) is 22.6 Å². The summed E-state index contributed by atoms with van der Waals surface area (Å²) in [7, 11) is 0. The van der Waals surface area contributed by atoms with Crippen molar-refractivity contribution in [1.29, 1.82) is 0 Å². The Morgan fingerprint density at radius 2 is 1.95 bits per heavy atom. The monoisotopic (exact) mass is 254 g/mol. The number of hydrogen-bond acceptors (Lipinski definition) is 7. The lowest BCUT2D eigenvalue weighted by molar-refractivity contribution is 1.08. The molecular formula is C11H10N8. The molecule has 3 aromatic heterocycles. The van der Waals surface area contributed by atoms with Crippen molar-refractivity contribution < 1.29 is 0 Å². The van der Waals surface area contributed by atoms with Gasteiger partial charge in [0, 0.05) is 18.6 Å². The van der Waals surface area contributed by atoms with Gasteiger partial charge in [0.05, 0.1) is 23.1 Å². The molecule has 19 heavy (non-hydrogen) atoms. The zero-order chi connectivity index (χ0) is 13.2. The lowest BCUT2D eigenvalue weighted by Crippen LogP contribution is -2.05. The minimum absolute atomic E-state index is 0.0924. The molecule has 94 valence electrons. The van der Waals surface area contributed by atoms with Crippen molar-refractivity contribution in [1.82, 2.24) is 30.1 Å². The molecule has 0 unspecified atom stereocenters. The highest BCUT2D eigenvalue weighted by Crippen LogP contribution is 2.32. The number of rotatable bonds is 2. The summed E-state index contributed by atoms with van der Waals surface area (Å²) < 4.78 is 0. The molecule has 0 atom stereocenters. The summed E-state index contributed by atoms with van der Waals surface area (Å²) in [5.41, 5.74) is 13.9. The van der Waals surface area contributed by atoms with Crippen molar-refractivity contribution in [2.24, 2.45) is 0 Å². The van der Waals surface area contributed by atoms with Gasteiger partial charge >= 0.3 is 0 Å². The Balaban J connectivity index is 2.29. The number of nitrogens with one attached hydrogen (secondary N) is 1. The second-order valence-electron chi connectivity index (χ2n) is 3.75. The first-order chi connectivity index (χ1) is 9.25. The molecule has 0 amide bonds. The summed E-state index contributed by atoms with van der Waals surface area (Å²) in [5, 5.41) is 6.71. The fourth-order valence-corrected chi connectivity index (χ4v) is 1.76. The van der Waals surface area contributed by atoms with E-state index in [1.807, 2.05) is 0 Å². The van der Waals surface area contributed by atoms with Crippen molar-refractivity contribution >= 4 is 11.8 Å². The Labute approximate surface area is 108 Å². The van der Waals surface area contributed by atoms with Crippen LogP contribution in [0.15, 0.2) is 30.9 Å². The van der Waals surface area contributed by atoms with E-state index in [9.17, 15) is 0 Å². The van der Waals surface area contributed by atoms with Crippen LogP contribution in [0.25, 0.3) is 22.6 Å². The van der Waals surface area contributed by atoms with E-state index in [1.165, 1.54) is 0 Å². The number of aromatic amines is 1. The van der Waals surface area contributed by atoms with E-state index in [1.54, 1.807) is 30.9 Å². The van der Waals surface area contributed by atoms with Gasteiger partial charge in [0.1, 0.15) is 11.5 Å². The predicted octanol–water partition coefficient (Wildman–Crippen LogP) is 0.488. The van der Waals surface area contributed by atoms with Gasteiger partial charge in [-0.1, -0.05) is 0 Å². The van der Waals surface area contributed by atoms with Gasteiger partial charge in [-0.3, -0.25) is 15.1 Å². The number of H-pyrrole nitrogens is 1. The van der Waals surface area contributed by atoms with Crippen LogP contribution in [0.2, 0.25) is 0 Å². The van der Waals surface area contributed by atoms with Crippen molar-refractivity contribution in [3.05, 3.63) is 30.9 Å². The van der Waals surface area contributed by atoms with E-state index in [0.717, 1.165) is 0 Å². The summed E-state index contributed by atoms with van der Waals surface area (Å²) in [6, 6.07) is 1.76. The Kier molecular flexibility index (Phi) is 2.53. The minimum atomic E-state index is 0.0924. The summed E-state index contributed by atoms with van der Waals surface area (Å²) in [4.78, 5) is 16.4. The first-order valence-electron chi connectivity index (χ1n) is 5.45. The van der Waals surface area contributed by atoms with Crippen molar-refractivity contribution in [2.75, 3.05) is 11.5 Å². The Bertz CT molecular complexity index is 692. The largest absolute Gasteiger partial charge is 0.383 e. The van der Waals surface area contributed by atoms with Crippen LogP contribution in [-0.2, 0) is 0 Å². The van der Waals surface area contributed by atoms with Crippen LogP contribution in [0.3, 0.4) is 0 Å². The van der Waals surface area contributed by atoms with E-state index in [4.69, 9.17) is 11.5 Å². The lowest BCUT2D eigenvalue weighted by atomic mass is 10.1. The number of aromatic nitrogens is 6. The standard InChI is InChI=1S/C11H10N8/c12-10-8(7-5-14-3-4-15-7)9(17-11(13)18-10)6-1-2-16-19-6/h1-5H,(H,16,19)(H4,12,13,17,18). The number of hydrogen-bond donors (Lipinski definition) is 3. The first-order valence-corrected chi connectivity index (χ1v) is 5.45. The maximum Gasteiger partial charge on any atom is 0.222 e. The smallest absolute Gasteiger partial charge is 0.222 e. The third-order valence-corrected chi connectivity index (χ3v) is 2.53. The molecule has 8 nitrogen and oxygen atoms in total. The van der Waals surface area contributed by atoms with Crippen LogP contribution in [0.4, 0.5) is 11.8 Å². The summed E-state index contributed by atoms with van der Waals surface area (Å²) >= 11 is 0. The van der Waals surface area contributed by atoms with Gasteiger partial charge in [0.15, 0.2) is 0 Å². The van der Waals surface area contributed by atoms with Gasteiger partial charge in [0.25, 0.3) is 0 Å². The molecule has 3 rings (SSSR count). The Hall–Kier alpha value is -3.03. The normalized spacial score (nSPS) is 10.5. The molecule has 0 bridgehead atoms. The molecule has 0 saturated carbocycles. The quantitative estimate of drug-likeness (QED) is 0.606. The first kappa shape index (κ1) is 11.1. The predicted molar refractivity (Wildman–Crippen MR) is 69.5 cm³/mol. The van der Waals surface area contributed by atoms with E-state index < -0.39 is 0 Å². The van der Waals surface area contributed by atoms with Crippen molar-refractivity contribution in [2.45, 2.75) is 0 Å². The molecule has 0 aliphatic rings. The average molecular weight is 254 g/mol. The van der Waals surface area contributed by atoms with Gasteiger partial charge in [-0.05, 0) is 6.07 Å². The van der Waals surface area contributed by atoms with Crippen LogP contribution in [-0.4, -0.2) is 30.1 Å². The van der Waals surface area contributed by atoms with E-state index in [0.29, 0.717) is 22.6 Å². The molecule has 0 saturated heterocycles. The second kappa shape index (κ2) is 4.33. The molecular weight excluding hydrogens is 244 g/mol. The zero-order valence-corrected chi connectivity index (χ0v) is 9.78. The molecule has 0 aromatic carbocycles. The minimum Gasteiger partial charge on any atom is -0.383 e. The maximum atomic E-state index is 5.93. The summed E-state index contributed by atoms with van der Waals surface area (Å²) in [5.74, 6) is 0.340. The molecule has 0 spiro atoms. The summed E-state index contributed by atoms with van der Waals surface area (Å²) in [6.07, 6.45) is 6.35. The Morgan fingerprint density at radius 1 is 1.05 bits per heavy atom. The van der Waals surface area contributed by atoms with Crippen LogP contribution < -0.4 is 11.5 Å². The molecule has 0 aliphatic heterocycles. The lowest BCUT2D eigenvalue weighted by Gasteiger charge is -2.09. The van der Waals surface area contributed by atoms with Gasteiger partial charge in [-0.25, -0.2) is 4.98 Å². The molecule has 5 N–H and O–H groups in total. The highest BCUT2D eigenvalue weighted by molar-refractivity contribution is 5.84. The third kappa shape index (κ3) is 1.95.